The largest absolute Gasteiger partial charge is 0.323 e. The van der Waals surface area contributed by atoms with Gasteiger partial charge in [-0.25, -0.2) is 4.79 Å². The van der Waals surface area contributed by atoms with Crippen molar-refractivity contribution in [3.63, 3.8) is 0 Å². The molecule has 0 aliphatic carbocycles. The molecule has 2 N–H and O–H groups in total. The molecule has 2 rings (SSSR count). The van der Waals surface area contributed by atoms with E-state index in [0.717, 1.165) is 15.7 Å². The van der Waals surface area contributed by atoms with Crippen molar-refractivity contribution in [2.75, 3.05) is 10.6 Å². The monoisotopic (exact) mass is 338 g/mol. The Morgan fingerprint density at radius 2 is 1.79 bits per heavy atom. The van der Waals surface area contributed by atoms with Crippen molar-refractivity contribution in [3.05, 3.63) is 57.5 Å². The van der Waals surface area contributed by atoms with Crippen LogP contribution in [0.1, 0.15) is 5.56 Å². The number of urea groups is 1. The summed E-state index contributed by atoms with van der Waals surface area (Å²) in [5, 5.41) is 6.00. The predicted molar refractivity (Wildman–Crippen MR) is 83.0 cm³/mol. The van der Waals surface area contributed by atoms with Crippen LogP contribution < -0.4 is 10.6 Å². The maximum atomic E-state index is 11.9. The second kappa shape index (κ2) is 6.08. The molecule has 2 amide bonds. The van der Waals surface area contributed by atoms with Crippen LogP contribution in [0.15, 0.2) is 46.9 Å². The lowest BCUT2D eigenvalue weighted by molar-refractivity contribution is 0.262. The van der Waals surface area contributed by atoms with Gasteiger partial charge in [0.1, 0.15) is 0 Å². The van der Waals surface area contributed by atoms with Gasteiger partial charge in [-0.3, -0.25) is 0 Å². The van der Waals surface area contributed by atoms with Crippen LogP contribution >= 0.6 is 27.5 Å². The molecule has 2 aromatic rings. The minimum absolute atomic E-state index is 0.325. The number of hydrogen-bond donors (Lipinski definition) is 2. The van der Waals surface area contributed by atoms with Crippen LogP contribution in [0.3, 0.4) is 0 Å². The molecule has 2 aromatic carbocycles. The molecule has 19 heavy (non-hydrogen) atoms. The molecular weight excluding hydrogens is 328 g/mol. The lowest BCUT2D eigenvalue weighted by atomic mass is 10.2. The maximum Gasteiger partial charge on any atom is 0.323 e. The average Bonchev–Trinajstić information content (AvgIpc) is 2.37. The number of anilines is 2. The van der Waals surface area contributed by atoms with Gasteiger partial charge in [-0.15, -0.1) is 0 Å². The van der Waals surface area contributed by atoms with Gasteiger partial charge in [0.2, 0.25) is 0 Å². The molecule has 0 fully saturated rings. The first kappa shape index (κ1) is 13.9. The summed E-state index contributed by atoms with van der Waals surface area (Å²) in [7, 11) is 0. The van der Waals surface area contributed by atoms with E-state index in [4.69, 9.17) is 11.6 Å². The fourth-order valence-electron chi connectivity index (χ4n) is 1.57. The van der Waals surface area contributed by atoms with Crippen LogP contribution in [0.5, 0.6) is 0 Å². The molecule has 5 heteroatoms. The van der Waals surface area contributed by atoms with E-state index in [0.29, 0.717) is 10.7 Å². The second-order valence-corrected chi connectivity index (χ2v) is 5.34. The molecule has 0 radical (unpaired) electrons. The number of benzene rings is 2. The Morgan fingerprint density at radius 1 is 1.11 bits per heavy atom. The van der Waals surface area contributed by atoms with Crippen LogP contribution in [0, 0.1) is 6.92 Å². The summed E-state index contributed by atoms with van der Waals surface area (Å²) in [5.74, 6) is 0. The van der Waals surface area contributed by atoms with E-state index in [1.807, 2.05) is 37.3 Å². The molecular formula is C14H12BrClN2O. The number of nitrogens with one attached hydrogen (secondary N) is 2. The fourth-order valence-corrected chi connectivity index (χ4v) is 2.11. The third kappa shape index (κ3) is 3.72. The van der Waals surface area contributed by atoms with Crippen molar-refractivity contribution in [1.29, 1.82) is 0 Å². The summed E-state index contributed by atoms with van der Waals surface area (Å²) >= 11 is 9.35. The van der Waals surface area contributed by atoms with E-state index < -0.39 is 0 Å². The summed E-state index contributed by atoms with van der Waals surface area (Å²) in [6.45, 7) is 1.93. The second-order valence-electron chi connectivity index (χ2n) is 4.02. The molecule has 98 valence electrons. The molecule has 0 atom stereocenters. The van der Waals surface area contributed by atoms with Crippen molar-refractivity contribution in [2.45, 2.75) is 6.92 Å². The van der Waals surface area contributed by atoms with E-state index in [-0.39, 0.29) is 6.03 Å². The van der Waals surface area contributed by atoms with E-state index in [9.17, 15) is 4.79 Å². The smallest absolute Gasteiger partial charge is 0.307 e. The standard InChI is InChI=1S/C14H12BrClN2O/c1-9-6-7-10(15)8-13(9)18-14(19)17-12-5-3-2-4-11(12)16/h2-8H,1H3,(H2,17,18,19). The van der Waals surface area contributed by atoms with Gasteiger partial charge in [0, 0.05) is 10.2 Å². The van der Waals surface area contributed by atoms with Crippen LogP contribution in [-0.4, -0.2) is 6.03 Å². The van der Waals surface area contributed by atoms with E-state index in [1.54, 1.807) is 12.1 Å². The number of rotatable bonds is 2. The Labute approximate surface area is 125 Å². The molecule has 0 aliphatic heterocycles. The van der Waals surface area contributed by atoms with Gasteiger partial charge in [-0.2, -0.15) is 0 Å². The third-order valence-electron chi connectivity index (χ3n) is 2.57. The number of carbonyl (C=O) groups is 1. The molecule has 3 nitrogen and oxygen atoms in total. The summed E-state index contributed by atoms with van der Waals surface area (Å²) in [6, 6.07) is 12.5. The molecule has 0 saturated heterocycles. The number of para-hydroxylation sites is 1. The van der Waals surface area contributed by atoms with Crippen LogP contribution in [-0.2, 0) is 0 Å². The Morgan fingerprint density at radius 3 is 2.53 bits per heavy atom. The zero-order valence-electron chi connectivity index (χ0n) is 10.2. The quantitative estimate of drug-likeness (QED) is 0.789. The van der Waals surface area contributed by atoms with Crippen molar-refractivity contribution >= 4 is 44.9 Å². The summed E-state index contributed by atoms with van der Waals surface area (Å²) in [6.07, 6.45) is 0. The first-order valence-electron chi connectivity index (χ1n) is 5.65. The number of amides is 2. The minimum atomic E-state index is -0.325. The van der Waals surface area contributed by atoms with Gasteiger partial charge >= 0.3 is 6.03 Å². The highest BCUT2D eigenvalue weighted by Gasteiger charge is 2.07. The Balaban J connectivity index is 2.10. The van der Waals surface area contributed by atoms with Crippen molar-refractivity contribution < 1.29 is 4.79 Å². The number of carbonyl (C=O) groups excluding carboxylic acids is 1. The van der Waals surface area contributed by atoms with Gasteiger partial charge in [-0.05, 0) is 36.8 Å². The van der Waals surface area contributed by atoms with Gasteiger partial charge in [-0.1, -0.05) is 45.7 Å². The summed E-state index contributed by atoms with van der Waals surface area (Å²) in [5.41, 5.74) is 2.31. The average molecular weight is 340 g/mol. The summed E-state index contributed by atoms with van der Waals surface area (Å²) < 4.78 is 0.908. The molecule has 0 saturated carbocycles. The van der Waals surface area contributed by atoms with Crippen LogP contribution in [0.2, 0.25) is 5.02 Å². The zero-order chi connectivity index (χ0) is 13.8. The molecule has 0 spiro atoms. The number of halogens is 2. The SMILES string of the molecule is Cc1ccc(Br)cc1NC(=O)Nc1ccccc1Cl. The number of aryl methyl sites for hydroxylation is 1. The molecule has 0 unspecified atom stereocenters. The van der Waals surface area contributed by atoms with Crippen molar-refractivity contribution in [1.82, 2.24) is 0 Å². The van der Waals surface area contributed by atoms with Gasteiger partial charge in [0.15, 0.2) is 0 Å². The van der Waals surface area contributed by atoms with Crippen molar-refractivity contribution in [3.8, 4) is 0 Å². The number of hydrogen-bond acceptors (Lipinski definition) is 1. The maximum absolute atomic E-state index is 11.9. The molecule has 0 aromatic heterocycles. The topological polar surface area (TPSA) is 41.1 Å². The molecule has 0 bridgehead atoms. The van der Waals surface area contributed by atoms with E-state index in [1.165, 1.54) is 0 Å². The highest BCUT2D eigenvalue weighted by atomic mass is 79.9. The highest BCUT2D eigenvalue weighted by molar-refractivity contribution is 9.10. The van der Waals surface area contributed by atoms with Gasteiger partial charge in [0.25, 0.3) is 0 Å². The fraction of sp³-hybridized carbons (Fsp3) is 0.0714. The van der Waals surface area contributed by atoms with Gasteiger partial charge < -0.3 is 10.6 Å². The van der Waals surface area contributed by atoms with Crippen LogP contribution in [0.4, 0.5) is 16.2 Å². The minimum Gasteiger partial charge on any atom is -0.307 e. The Kier molecular flexibility index (Phi) is 4.45. The first-order valence-corrected chi connectivity index (χ1v) is 6.82. The summed E-state index contributed by atoms with van der Waals surface area (Å²) in [4.78, 5) is 11.9. The molecule has 0 heterocycles. The highest BCUT2D eigenvalue weighted by Crippen LogP contribution is 2.23. The predicted octanol–water partition coefficient (Wildman–Crippen LogP) is 5.05. The third-order valence-corrected chi connectivity index (χ3v) is 3.39. The first-order chi connectivity index (χ1) is 9.06. The van der Waals surface area contributed by atoms with E-state index >= 15 is 0 Å². The normalized spacial score (nSPS) is 10.1. The lowest BCUT2D eigenvalue weighted by Gasteiger charge is -2.11. The van der Waals surface area contributed by atoms with Crippen molar-refractivity contribution in [2.24, 2.45) is 0 Å². The zero-order valence-corrected chi connectivity index (χ0v) is 12.5. The van der Waals surface area contributed by atoms with Crippen LogP contribution in [0.25, 0.3) is 0 Å². The Bertz CT molecular complexity index is 616. The molecule has 0 aliphatic rings. The van der Waals surface area contributed by atoms with Gasteiger partial charge in [0.05, 0.1) is 10.7 Å². The lowest BCUT2D eigenvalue weighted by Crippen LogP contribution is -2.20. The Hall–Kier alpha value is -1.52. The van der Waals surface area contributed by atoms with E-state index in [2.05, 4.69) is 26.6 Å².